The van der Waals surface area contributed by atoms with E-state index >= 15 is 0 Å². The molecule has 2 aromatic carbocycles. The average molecular weight is 350 g/mol. The number of hydrogen-bond acceptors (Lipinski definition) is 5. The molecule has 0 amide bonds. The summed E-state index contributed by atoms with van der Waals surface area (Å²) in [5, 5.41) is 1.78. The van der Waals surface area contributed by atoms with Crippen molar-refractivity contribution in [3.8, 4) is 22.0 Å². The Morgan fingerprint density at radius 2 is 1.67 bits per heavy atom. The molecule has 5 heteroatoms. The molecule has 0 N–H and O–H groups in total. The minimum atomic E-state index is 0.644. The van der Waals surface area contributed by atoms with Crippen LogP contribution in [0.5, 0.6) is 0 Å². The van der Waals surface area contributed by atoms with Gasteiger partial charge in [-0.15, -0.1) is 11.3 Å². The number of aromatic nitrogens is 2. The third-order valence-electron chi connectivity index (χ3n) is 3.49. The first-order valence-electron chi connectivity index (χ1n) is 7.50. The summed E-state index contributed by atoms with van der Waals surface area (Å²) in [6.07, 6.45) is 3.65. The maximum absolute atomic E-state index is 5.86. The fourth-order valence-corrected chi connectivity index (χ4v) is 4.09. The van der Waals surface area contributed by atoms with Gasteiger partial charge in [0.05, 0.1) is 16.6 Å². The van der Waals surface area contributed by atoms with E-state index in [1.54, 1.807) is 29.3 Å². The van der Waals surface area contributed by atoms with Crippen LogP contribution in [0.4, 0.5) is 0 Å². The number of oxazole rings is 1. The van der Waals surface area contributed by atoms with Crippen LogP contribution in [0.25, 0.3) is 22.0 Å². The van der Waals surface area contributed by atoms with Gasteiger partial charge in [0, 0.05) is 11.1 Å². The summed E-state index contributed by atoms with van der Waals surface area (Å²) in [6.45, 7) is 2.06. The summed E-state index contributed by atoms with van der Waals surface area (Å²) in [6, 6.07) is 18.3. The van der Waals surface area contributed by atoms with E-state index in [-0.39, 0.29) is 0 Å². The third kappa shape index (κ3) is 3.27. The fourth-order valence-electron chi connectivity index (χ4n) is 2.26. The van der Waals surface area contributed by atoms with Crippen molar-refractivity contribution < 1.29 is 4.42 Å². The molecule has 4 aromatic rings. The van der Waals surface area contributed by atoms with Crippen LogP contribution < -0.4 is 0 Å². The SMILES string of the molecule is Cc1ccc(-c2ncc(Sc3cnc(-c4ccccc4)s3)o2)cc1. The Hall–Kier alpha value is -2.37. The highest BCUT2D eigenvalue weighted by molar-refractivity contribution is 8.01. The molecule has 0 fully saturated rings. The van der Waals surface area contributed by atoms with Gasteiger partial charge in [-0.25, -0.2) is 9.97 Å². The monoisotopic (exact) mass is 350 g/mol. The van der Waals surface area contributed by atoms with E-state index in [9.17, 15) is 0 Å². The van der Waals surface area contributed by atoms with Gasteiger partial charge < -0.3 is 4.42 Å². The summed E-state index contributed by atoms with van der Waals surface area (Å²) in [7, 11) is 0. The molecule has 2 heterocycles. The van der Waals surface area contributed by atoms with Gasteiger partial charge in [0.2, 0.25) is 5.89 Å². The molecule has 118 valence electrons. The van der Waals surface area contributed by atoms with Gasteiger partial charge in [-0.2, -0.15) is 0 Å². The summed E-state index contributed by atoms with van der Waals surface area (Å²) in [4.78, 5) is 8.87. The van der Waals surface area contributed by atoms with Gasteiger partial charge in [-0.1, -0.05) is 48.0 Å². The molecule has 4 rings (SSSR count). The summed E-state index contributed by atoms with van der Waals surface area (Å²) in [5.41, 5.74) is 3.34. The highest BCUT2D eigenvalue weighted by Gasteiger charge is 2.11. The van der Waals surface area contributed by atoms with Gasteiger partial charge in [0.15, 0.2) is 5.09 Å². The van der Waals surface area contributed by atoms with Crippen molar-refractivity contribution in [3.05, 3.63) is 72.6 Å². The molecule has 0 radical (unpaired) electrons. The molecule has 24 heavy (non-hydrogen) atoms. The molecule has 0 atom stereocenters. The molecular weight excluding hydrogens is 336 g/mol. The lowest BCUT2D eigenvalue weighted by Crippen LogP contribution is -1.76. The number of benzene rings is 2. The number of hydrogen-bond donors (Lipinski definition) is 0. The molecule has 0 unspecified atom stereocenters. The highest BCUT2D eigenvalue weighted by Crippen LogP contribution is 2.37. The fraction of sp³-hybridized carbons (Fsp3) is 0.0526. The minimum absolute atomic E-state index is 0.644. The van der Waals surface area contributed by atoms with Gasteiger partial charge in [0.25, 0.3) is 0 Å². The second-order valence-electron chi connectivity index (χ2n) is 5.30. The van der Waals surface area contributed by atoms with E-state index < -0.39 is 0 Å². The van der Waals surface area contributed by atoms with Crippen LogP contribution in [0.2, 0.25) is 0 Å². The maximum Gasteiger partial charge on any atom is 0.227 e. The number of thiazole rings is 1. The van der Waals surface area contributed by atoms with Crippen LogP contribution in [0.1, 0.15) is 5.56 Å². The third-order valence-corrected chi connectivity index (χ3v) is 5.53. The standard InChI is InChI=1S/C19H14N2OS2/c1-13-7-9-14(10-8-13)18-20-11-16(22-18)23-17-12-21-19(24-17)15-5-3-2-4-6-15/h2-12H,1H3. The van der Waals surface area contributed by atoms with Crippen molar-refractivity contribution in [1.29, 1.82) is 0 Å². The van der Waals surface area contributed by atoms with Crippen molar-refractivity contribution in [2.75, 3.05) is 0 Å². The predicted octanol–water partition coefficient (Wildman–Crippen LogP) is 5.92. The van der Waals surface area contributed by atoms with Gasteiger partial charge >= 0.3 is 0 Å². The molecule has 0 saturated carbocycles. The summed E-state index contributed by atoms with van der Waals surface area (Å²) in [5.74, 6) is 0.644. The zero-order valence-electron chi connectivity index (χ0n) is 13.0. The average Bonchev–Trinajstić information content (AvgIpc) is 3.27. The van der Waals surface area contributed by atoms with E-state index in [2.05, 4.69) is 41.2 Å². The number of nitrogens with zero attached hydrogens (tertiary/aromatic N) is 2. The van der Waals surface area contributed by atoms with Gasteiger partial charge in [0.1, 0.15) is 5.01 Å². The molecular formula is C19H14N2OS2. The smallest absolute Gasteiger partial charge is 0.227 e. The molecule has 0 aliphatic heterocycles. The first-order valence-corrected chi connectivity index (χ1v) is 9.13. The Kier molecular flexibility index (Phi) is 4.19. The first-order chi connectivity index (χ1) is 11.8. The van der Waals surface area contributed by atoms with Crippen LogP contribution in [0, 0.1) is 6.92 Å². The van der Waals surface area contributed by atoms with Crippen molar-refractivity contribution in [3.63, 3.8) is 0 Å². The zero-order chi connectivity index (χ0) is 16.4. The second kappa shape index (κ2) is 6.63. The van der Waals surface area contributed by atoms with E-state index in [1.165, 1.54) is 5.56 Å². The quantitative estimate of drug-likeness (QED) is 0.457. The Labute approximate surface area is 148 Å². The van der Waals surface area contributed by atoms with Crippen molar-refractivity contribution in [2.45, 2.75) is 16.2 Å². The van der Waals surface area contributed by atoms with Crippen LogP contribution >= 0.6 is 23.1 Å². The first kappa shape index (κ1) is 15.2. The lowest BCUT2D eigenvalue weighted by atomic mass is 10.1. The lowest BCUT2D eigenvalue weighted by Gasteiger charge is -1.96. The molecule has 3 nitrogen and oxygen atoms in total. The van der Waals surface area contributed by atoms with Crippen LogP contribution in [-0.2, 0) is 0 Å². The molecule has 0 spiro atoms. The van der Waals surface area contributed by atoms with Crippen LogP contribution in [0.15, 0.2) is 80.7 Å². The molecule has 2 aromatic heterocycles. The second-order valence-corrected chi connectivity index (χ2v) is 7.64. The zero-order valence-corrected chi connectivity index (χ0v) is 14.6. The molecule has 0 saturated heterocycles. The highest BCUT2D eigenvalue weighted by atomic mass is 32.2. The van der Waals surface area contributed by atoms with Gasteiger partial charge in [-0.05, 0) is 30.8 Å². The van der Waals surface area contributed by atoms with Crippen LogP contribution in [0.3, 0.4) is 0 Å². The van der Waals surface area contributed by atoms with Crippen molar-refractivity contribution in [2.24, 2.45) is 0 Å². The van der Waals surface area contributed by atoms with E-state index in [1.807, 2.05) is 36.5 Å². The summed E-state index contributed by atoms with van der Waals surface area (Å²) >= 11 is 3.20. The minimum Gasteiger partial charge on any atom is -0.430 e. The summed E-state index contributed by atoms with van der Waals surface area (Å²) < 4.78 is 6.94. The van der Waals surface area contributed by atoms with Crippen molar-refractivity contribution >= 4 is 23.1 Å². The van der Waals surface area contributed by atoms with Crippen molar-refractivity contribution in [1.82, 2.24) is 9.97 Å². The Bertz CT molecular complexity index is 943. The van der Waals surface area contributed by atoms with E-state index in [0.29, 0.717) is 5.89 Å². The topological polar surface area (TPSA) is 38.9 Å². The Morgan fingerprint density at radius 1 is 0.875 bits per heavy atom. The lowest BCUT2D eigenvalue weighted by molar-refractivity contribution is 0.484. The predicted molar refractivity (Wildman–Crippen MR) is 98.3 cm³/mol. The van der Waals surface area contributed by atoms with Crippen LogP contribution in [-0.4, -0.2) is 9.97 Å². The normalized spacial score (nSPS) is 10.9. The number of rotatable bonds is 4. The number of aryl methyl sites for hydroxylation is 1. The maximum atomic E-state index is 5.86. The van der Waals surface area contributed by atoms with Gasteiger partial charge in [-0.3, -0.25) is 0 Å². The Morgan fingerprint density at radius 3 is 2.46 bits per heavy atom. The molecule has 0 aliphatic carbocycles. The molecule has 0 aliphatic rings. The largest absolute Gasteiger partial charge is 0.430 e. The van der Waals surface area contributed by atoms with E-state index in [0.717, 1.165) is 25.4 Å². The Balaban J connectivity index is 1.52. The van der Waals surface area contributed by atoms with E-state index in [4.69, 9.17) is 4.42 Å². The molecule has 0 bridgehead atoms.